The average Bonchev–Trinajstić information content (AvgIpc) is 2.27. The van der Waals surface area contributed by atoms with Gasteiger partial charge in [0.15, 0.2) is 0 Å². The van der Waals surface area contributed by atoms with E-state index in [2.05, 4.69) is 5.32 Å². The van der Waals surface area contributed by atoms with Gasteiger partial charge in [-0.25, -0.2) is 8.78 Å². The summed E-state index contributed by atoms with van der Waals surface area (Å²) in [5.41, 5.74) is 2.06. The summed E-state index contributed by atoms with van der Waals surface area (Å²) in [6.45, 7) is 2.13. The summed E-state index contributed by atoms with van der Waals surface area (Å²) in [4.78, 5) is 0. The molecule has 1 aromatic carbocycles. The first-order valence-electron chi connectivity index (χ1n) is 5.24. The summed E-state index contributed by atoms with van der Waals surface area (Å²) < 4.78 is 25.6. The first kappa shape index (κ1) is 13.1. The minimum atomic E-state index is -3.06. The Bertz CT molecular complexity index is 342. The van der Waals surface area contributed by atoms with E-state index in [0.29, 0.717) is 0 Å². The van der Waals surface area contributed by atoms with Crippen molar-refractivity contribution in [2.24, 2.45) is 0 Å². The van der Waals surface area contributed by atoms with Crippen molar-refractivity contribution in [2.45, 2.75) is 25.8 Å². The topological polar surface area (TPSA) is 32.3 Å². The lowest BCUT2D eigenvalue weighted by Gasteiger charge is -2.20. The lowest BCUT2D eigenvalue weighted by molar-refractivity contribution is -0.0490. The number of aryl methyl sites for hydroxylation is 1. The minimum Gasteiger partial charge on any atom is -0.390 e. The van der Waals surface area contributed by atoms with Crippen molar-refractivity contribution in [2.75, 3.05) is 13.2 Å². The Morgan fingerprint density at radius 3 is 2.56 bits per heavy atom. The lowest BCUT2D eigenvalue weighted by Crippen LogP contribution is -2.37. The van der Waals surface area contributed by atoms with Gasteiger partial charge >= 0.3 is 0 Å². The van der Waals surface area contributed by atoms with Crippen molar-refractivity contribution < 1.29 is 13.9 Å². The SMILES string of the molecule is Cc1ccccc1C(C)NCC(F)(F)CO. The van der Waals surface area contributed by atoms with Gasteiger partial charge in [-0.15, -0.1) is 0 Å². The third kappa shape index (κ3) is 3.54. The predicted octanol–water partition coefficient (Wildman–Crippen LogP) is 2.27. The van der Waals surface area contributed by atoms with Crippen LogP contribution in [0, 0.1) is 6.92 Å². The van der Waals surface area contributed by atoms with E-state index in [1.165, 1.54) is 0 Å². The maximum atomic E-state index is 12.8. The Hall–Kier alpha value is -1.00. The fourth-order valence-electron chi connectivity index (χ4n) is 1.54. The van der Waals surface area contributed by atoms with Crippen LogP contribution >= 0.6 is 0 Å². The van der Waals surface area contributed by atoms with Gasteiger partial charge in [0.2, 0.25) is 0 Å². The second-order valence-corrected chi connectivity index (χ2v) is 3.97. The zero-order valence-electron chi connectivity index (χ0n) is 9.50. The molecule has 1 rings (SSSR count). The number of hydrogen-bond donors (Lipinski definition) is 2. The fraction of sp³-hybridized carbons (Fsp3) is 0.500. The van der Waals surface area contributed by atoms with E-state index in [1.54, 1.807) is 0 Å². The Morgan fingerprint density at radius 1 is 1.38 bits per heavy atom. The van der Waals surface area contributed by atoms with E-state index < -0.39 is 19.1 Å². The number of benzene rings is 1. The number of aliphatic hydroxyl groups is 1. The number of halogens is 2. The molecule has 0 saturated heterocycles. The third-order valence-electron chi connectivity index (χ3n) is 2.55. The van der Waals surface area contributed by atoms with Gasteiger partial charge in [0.1, 0.15) is 6.61 Å². The monoisotopic (exact) mass is 229 g/mol. The summed E-state index contributed by atoms with van der Waals surface area (Å²) in [6.07, 6.45) is 0. The van der Waals surface area contributed by atoms with Crippen LogP contribution < -0.4 is 5.32 Å². The van der Waals surface area contributed by atoms with Gasteiger partial charge in [-0.3, -0.25) is 0 Å². The van der Waals surface area contributed by atoms with Crippen LogP contribution in [0.4, 0.5) is 8.78 Å². The predicted molar refractivity (Wildman–Crippen MR) is 59.6 cm³/mol. The van der Waals surface area contributed by atoms with Crippen molar-refractivity contribution in [3.8, 4) is 0 Å². The standard InChI is InChI=1S/C12H17F2NO/c1-9-5-3-4-6-11(9)10(2)15-7-12(13,14)8-16/h3-6,10,15-16H,7-8H2,1-2H3. The molecular formula is C12H17F2NO. The quantitative estimate of drug-likeness (QED) is 0.811. The number of hydrogen-bond acceptors (Lipinski definition) is 2. The maximum Gasteiger partial charge on any atom is 0.282 e. The molecule has 1 aromatic rings. The molecule has 0 spiro atoms. The second kappa shape index (κ2) is 5.37. The van der Waals surface area contributed by atoms with E-state index >= 15 is 0 Å². The smallest absolute Gasteiger partial charge is 0.282 e. The first-order valence-corrected chi connectivity index (χ1v) is 5.24. The second-order valence-electron chi connectivity index (χ2n) is 3.97. The molecule has 0 radical (unpaired) electrons. The van der Waals surface area contributed by atoms with Crippen LogP contribution in [0.3, 0.4) is 0 Å². The molecule has 0 aromatic heterocycles. The van der Waals surface area contributed by atoms with E-state index in [9.17, 15) is 8.78 Å². The van der Waals surface area contributed by atoms with E-state index in [-0.39, 0.29) is 6.04 Å². The molecule has 1 unspecified atom stereocenters. The van der Waals surface area contributed by atoms with Crippen LogP contribution in [0.5, 0.6) is 0 Å². The third-order valence-corrected chi connectivity index (χ3v) is 2.55. The molecule has 90 valence electrons. The Balaban J connectivity index is 2.60. The molecule has 16 heavy (non-hydrogen) atoms. The van der Waals surface area contributed by atoms with Gasteiger partial charge in [0, 0.05) is 6.04 Å². The molecule has 2 nitrogen and oxygen atoms in total. The van der Waals surface area contributed by atoms with Crippen molar-refractivity contribution in [1.82, 2.24) is 5.32 Å². The van der Waals surface area contributed by atoms with Crippen LogP contribution in [-0.4, -0.2) is 24.2 Å². The average molecular weight is 229 g/mol. The summed E-state index contributed by atoms with van der Waals surface area (Å²) in [6, 6.07) is 7.49. The van der Waals surface area contributed by atoms with Crippen molar-refractivity contribution in [3.63, 3.8) is 0 Å². The normalized spacial score (nSPS) is 13.8. The number of aliphatic hydroxyl groups excluding tert-OH is 1. The summed E-state index contributed by atoms with van der Waals surface area (Å²) >= 11 is 0. The lowest BCUT2D eigenvalue weighted by atomic mass is 10.0. The number of rotatable bonds is 5. The highest BCUT2D eigenvalue weighted by molar-refractivity contribution is 5.28. The van der Waals surface area contributed by atoms with Gasteiger partial charge in [-0.2, -0.15) is 0 Å². The van der Waals surface area contributed by atoms with E-state index in [0.717, 1.165) is 11.1 Å². The van der Waals surface area contributed by atoms with Gasteiger partial charge in [-0.1, -0.05) is 24.3 Å². The van der Waals surface area contributed by atoms with Crippen LogP contribution in [0.15, 0.2) is 24.3 Å². The van der Waals surface area contributed by atoms with Gasteiger partial charge in [0.05, 0.1) is 6.54 Å². The summed E-state index contributed by atoms with van der Waals surface area (Å²) in [5.74, 6) is -3.06. The molecule has 0 saturated carbocycles. The zero-order valence-corrected chi connectivity index (χ0v) is 9.50. The Kier molecular flexibility index (Phi) is 4.38. The van der Waals surface area contributed by atoms with Crippen LogP contribution in [0.25, 0.3) is 0 Å². The van der Waals surface area contributed by atoms with Crippen molar-refractivity contribution in [3.05, 3.63) is 35.4 Å². The number of nitrogens with one attached hydrogen (secondary N) is 1. The highest BCUT2D eigenvalue weighted by atomic mass is 19.3. The molecule has 2 N–H and O–H groups in total. The van der Waals surface area contributed by atoms with E-state index in [4.69, 9.17) is 5.11 Å². The summed E-state index contributed by atoms with van der Waals surface area (Å²) in [5, 5.41) is 11.2. The highest BCUT2D eigenvalue weighted by Gasteiger charge is 2.28. The molecule has 0 aliphatic heterocycles. The highest BCUT2D eigenvalue weighted by Crippen LogP contribution is 2.18. The first-order chi connectivity index (χ1) is 7.46. The molecule has 0 aliphatic carbocycles. The minimum absolute atomic E-state index is 0.154. The summed E-state index contributed by atoms with van der Waals surface area (Å²) in [7, 11) is 0. The Labute approximate surface area is 94.3 Å². The fourth-order valence-corrected chi connectivity index (χ4v) is 1.54. The number of alkyl halides is 2. The van der Waals surface area contributed by atoms with Crippen LogP contribution in [0.2, 0.25) is 0 Å². The maximum absolute atomic E-state index is 12.8. The van der Waals surface area contributed by atoms with E-state index in [1.807, 2.05) is 38.1 Å². The Morgan fingerprint density at radius 2 is 2.00 bits per heavy atom. The zero-order chi connectivity index (χ0) is 12.2. The largest absolute Gasteiger partial charge is 0.390 e. The van der Waals surface area contributed by atoms with Crippen molar-refractivity contribution in [1.29, 1.82) is 0 Å². The molecule has 0 heterocycles. The molecule has 0 amide bonds. The van der Waals surface area contributed by atoms with Crippen molar-refractivity contribution >= 4 is 0 Å². The molecule has 0 bridgehead atoms. The van der Waals surface area contributed by atoms with Gasteiger partial charge < -0.3 is 10.4 Å². The van der Waals surface area contributed by atoms with Crippen LogP contribution in [0.1, 0.15) is 24.1 Å². The van der Waals surface area contributed by atoms with Gasteiger partial charge in [0.25, 0.3) is 5.92 Å². The molecule has 0 fully saturated rings. The molecule has 4 heteroatoms. The molecular weight excluding hydrogens is 212 g/mol. The molecule has 0 aliphatic rings. The van der Waals surface area contributed by atoms with Gasteiger partial charge in [-0.05, 0) is 25.0 Å². The molecule has 1 atom stereocenters. The van der Waals surface area contributed by atoms with Crippen LogP contribution in [-0.2, 0) is 0 Å².